The van der Waals surface area contributed by atoms with Crippen molar-refractivity contribution < 1.29 is 19.4 Å². The van der Waals surface area contributed by atoms with Gasteiger partial charge in [-0.2, -0.15) is 0 Å². The summed E-state index contributed by atoms with van der Waals surface area (Å²) in [7, 11) is 1.59. The number of methoxy groups -OCH3 is 1. The molecule has 1 N–H and O–H groups in total. The van der Waals surface area contributed by atoms with Gasteiger partial charge in [0.1, 0.15) is 12.3 Å². The van der Waals surface area contributed by atoms with Crippen molar-refractivity contribution in [2.45, 2.75) is 6.54 Å². The third kappa shape index (κ3) is 4.00. The van der Waals surface area contributed by atoms with E-state index in [2.05, 4.69) is 0 Å². The number of ether oxygens (including phenoxy) is 1. The highest BCUT2D eigenvalue weighted by Gasteiger charge is 2.26. The number of quaternary nitrogens is 1. The monoisotopic (exact) mass is 356 g/mol. The Morgan fingerprint density at radius 2 is 1.81 bits per heavy atom. The third-order valence-electron chi connectivity index (χ3n) is 4.72. The van der Waals surface area contributed by atoms with Crippen LogP contribution in [0.15, 0.2) is 48.5 Å². The zero-order chi connectivity index (χ0) is 18.5. The Kier molecular flexibility index (Phi) is 5.48. The second kappa shape index (κ2) is 7.97. The molecule has 0 aliphatic carbocycles. The number of benzene rings is 2. The average molecular weight is 356 g/mol. The number of nitro groups is 1. The molecule has 0 unspecified atom stereocenters. The van der Waals surface area contributed by atoms with E-state index in [0.717, 1.165) is 24.4 Å². The molecular weight excluding hydrogens is 334 g/mol. The highest BCUT2D eigenvalue weighted by Crippen LogP contribution is 2.17. The minimum atomic E-state index is -0.335. The molecule has 26 heavy (non-hydrogen) atoms. The zero-order valence-electron chi connectivity index (χ0n) is 14.7. The standard InChI is InChI=1S/C19H21N3O4/c1-26-17-8-6-15(7-9-17)19(23)21-12-10-20(11-13-21)14-16-4-2-3-5-18(16)22(24)25/h2-9H,10-14H2,1H3/p+1. The minimum Gasteiger partial charge on any atom is -0.497 e. The van der Waals surface area contributed by atoms with E-state index in [4.69, 9.17) is 4.74 Å². The SMILES string of the molecule is COc1ccc(C(=O)N2CC[NH+](Cc3ccccc3[N+](=O)[O-])CC2)cc1. The van der Waals surface area contributed by atoms with Crippen LogP contribution in [0.4, 0.5) is 5.69 Å². The first kappa shape index (κ1) is 17.9. The maximum absolute atomic E-state index is 12.6. The number of carbonyl (C=O) groups excluding carboxylic acids is 1. The Morgan fingerprint density at radius 1 is 1.15 bits per heavy atom. The average Bonchev–Trinajstić information content (AvgIpc) is 2.68. The summed E-state index contributed by atoms with van der Waals surface area (Å²) in [6.45, 7) is 3.42. The summed E-state index contributed by atoms with van der Waals surface area (Å²) in [4.78, 5) is 26.5. The van der Waals surface area contributed by atoms with Gasteiger partial charge in [-0.15, -0.1) is 0 Å². The van der Waals surface area contributed by atoms with Crippen LogP contribution in [0.1, 0.15) is 15.9 Å². The Labute approximate surface area is 151 Å². The van der Waals surface area contributed by atoms with Crippen LogP contribution in [0.5, 0.6) is 5.75 Å². The van der Waals surface area contributed by atoms with Gasteiger partial charge in [0.05, 0.1) is 43.8 Å². The van der Waals surface area contributed by atoms with Crippen LogP contribution in [0.25, 0.3) is 0 Å². The molecule has 2 aromatic rings. The number of nitro benzene ring substituents is 1. The first-order valence-corrected chi connectivity index (χ1v) is 8.57. The van der Waals surface area contributed by atoms with E-state index >= 15 is 0 Å². The number of nitrogens with one attached hydrogen (secondary N) is 1. The van der Waals surface area contributed by atoms with E-state index in [-0.39, 0.29) is 16.5 Å². The topological polar surface area (TPSA) is 77.1 Å². The Bertz CT molecular complexity index is 784. The summed E-state index contributed by atoms with van der Waals surface area (Å²) in [5, 5.41) is 11.1. The van der Waals surface area contributed by atoms with Crippen molar-refractivity contribution in [3.05, 3.63) is 69.8 Å². The molecule has 1 fully saturated rings. The maximum atomic E-state index is 12.6. The molecular formula is C19H22N3O4+. The lowest BCUT2D eigenvalue weighted by Crippen LogP contribution is -3.13. The molecule has 0 aromatic heterocycles. The lowest BCUT2D eigenvalue weighted by atomic mass is 10.1. The number of rotatable bonds is 5. The van der Waals surface area contributed by atoms with Crippen molar-refractivity contribution in [2.75, 3.05) is 33.3 Å². The van der Waals surface area contributed by atoms with Gasteiger partial charge < -0.3 is 14.5 Å². The molecule has 1 aliphatic rings. The van der Waals surface area contributed by atoms with Crippen molar-refractivity contribution in [1.29, 1.82) is 0 Å². The molecule has 3 rings (SSSR count). The predicted molar refractivity (Wildman–Crippen MR) is 96.4 cm³/mol. The fourth-order valence-corrected chi connectivity index (χ4v) is 3.23. The zero-order valence-corrected chi connectivity index (χ0v) is 14.7. The molecule has 1 aliphatic heterocycles. The molecule has 7 heteroatoms. The molecule has 1 amide bonds. The van der Waals surface area contributed by atoms with Crippen LogP contribution in [-0.4, -0.2) is 49.0 Å². The largest absolute Gasteiger partial charge is 0.497 e. The van der Waals surface area contributed by atoms with Crippen LogP contribution < -0.4 is 9.64 Å². The summed E-state index contributed by atoms with van der Waals surface area (Å²) >= 11 is 0. The maximum Gasteiger partial charge on any atom is 0.278 e. The molecule has 1 saturated heterocycles. The third-order valence-corrected chi connectivity index (χ3v) is 4.72. The van der Waals surface area contributed by atoms with Crippen molar-refractivity contribution >= 4 is 11.6 Å². The van der Waals surface area contributed by atoms with E-state index in [9.17, 15) is 14.9 Å². The molecule has 0 spiro atoms. The quantitative estimate of drug-likeness (QED) is 0.644. The molecule has 2 aromatic carbocycles. The fourth-order valence-electron chi connectivity index (χ4n) is 3.23. The number of piperazine rings is 1. The second-order valence-electron chi connectivity index (χ2n) is 6.33. The van der Waals surface area contributed by atoms with Gasteiger partial charge in [-0.05, 0) is 30.3 Å². The minimum absolute atomic E-state index is 0.0115. The molecule has 0 bridgehead atoms. The van der Waals surface area contributed by atoms with E-state index in [1.54, 1.807) is 43.5 Å². The summed E-state index contributed by atoms with van der Waals surface area (Å²) in [5.41, 5.74) is 1.55. The van der Waals surface area contributed by atoms with Gasteiger partial charge in [0, 0.05) is 11.6 Å². The number of hydrogen-bond acceptors (Lipinski definition) is 4. The second-order valence-corrected chi connectivity index (χ2v) is 6.33. The van der Waals surface area contributed by atoms with Gasteiger partial charge in [0.25, 0.3) is 11.6 Å². The number of nitrogens with zero attached hydrogens (tertiary/aromatic N) is 2. The smallest absolute Gasteiger partial charge is 0.278 e. The van der Waals surface area contributed by atoms with Gasteiger partial charge in [-0.1, -0.05) is 12.1 Å². The number of hydrogen-bond donors (Lipinski definition) is 1. The van der Waals surface area contributed by atoms with Gasteiger partial charge >= 0.3 is 0 Å². The van der Waals surface area contributed by atoms with Crippen LogP contribution in [0.2, 0.25) is 0 Å². The predicted octanol–water partition coefficient (Wildman–Crippen LogP) is 1.14. The molecule has 0 radical (unpaired) electrons. The molecule has 7 nitrogen and oxygen atoms in total. The van der Waals surface area contributed by atoms with Gasteiger partial charge in [0.15, 0.2) is 0 Å². The summed E-state index contributed by atoms with van der Waals surface area (Å²) in [6.07, 6.45) is 0. The Morgan fingerprint density at radius 3 is 2.42 bits per heavy atom. The normalized spacial score (nSPS) is 14.9. The summed E-state index contributed by atoms with van der Waals surface area (Å²) in [5.74, 6) is 0.734. The molecule has 0 saturated carbocycles. The number of amides is 1. The van der Waals surface area contributed by atoms with Gasteiger partial charge in [-0.3, -0.25) is 14.9 Å². The van der Waals surface area contributed by atoms with Crippen LogP contribution in [-0.2, 0) is 6.54 Å². The van der Waals surface area contributed by atoms with E-state index in [1.807, 2.05) is 11.0 Å². The summed E-state index contributed by atoms with van der Waals surface area (Å²) < 4.78 is 5.12. The van der Waals surface area contributed by atoms with Gasteiger partial charge in [-0.25, -0.2) is 0 Å². The van der Waals surface area contributed by atoms with E-state index in [0.29, 0.717) is 25.2 Å². The van der Waals surface area contributed by atoms with E-state index in [1.165, 1.54) is 11.0 Å². The van der Waals surface area contributed by atoms with Crippen molar-refractivity contribution in [3.63, 3.8) is 0 Å². The Hall–Kier alpha value is -2.93. The Balaban J connectivity index is 1.59. The first-order chi connectivity index (χ1) is 12.6. The van der Waals surface area contributed by atoms with Crippen molar-refractivity contribution in [2.24, 2.45) is 0 Å². The number of carbonyl (C=O) groups is 1. The summed E-state index contributed by atoms with van der Waals surface area (Å²) in [6, 6.07) is 14.0. The molecule has 136 valence electrons. The number of para-hydroxylation sites is 1. The highest BCUT2D eigenvalue weighted by atomic mass is 16.6. The first-order valence-electron chi connectivity index (χ1n) is 8.57. The lowest BCUT2D eigenvalue weighted by Gasteiger charge is -2.32. The van der Waals surface area contributed by atoms with Crippen LogP contribution in [0.3, 0.4) is 0 Å². The van der Waals surface area contributed by atoms with E-state index < -0.39 is 0 Å². The fraction of sp³-hybridized carbons (Fsp3) is 0.316. The van der Waals surface area contributed by atoms with Gasteiger partial charge in [0.2, 0.25) is 0 Å². The van der Waals surface area contributed by atoms with Crippen LogP contribution in [0, 0.1) is 10.1 Å². The van der Waals surface area contributed by atoms with Crippen molar-refractivity contribution in [1.82, 2.24) is 4.90 Å². The van der Waals surface area contributed by atoms with Crippen LogP contribution >= 0.6 is 0 Å². The highest BCUT2D eigenvalue weighted by molar-refractivity contribution is 5.94. The lowest BCUT2D eigenvalue weighted by molar-refractivity contribution is -0.917. The molecule has 1 heterocycles. The van der Waals surface area contributed by atoms with Crippen molar-refractivity contribution in [3.8, 4) is 5.75 Å². The molecule has 0 atom stereocenters.